The maximum atomic E-state index is 11.0. The van der Waals surface area contributed by atoms with Crippen molar-refractivity contribution in [2.24, 2.45) is 0 Å². The molecule has 0 saturated carbocycles. The molecule has 1 rings (SSSR count). The van der Waals surface area contributed by atoms with Gasteiger partial charge in [-0.25, -0.2) is 4.79 Å². The largest absolute Gasteiger partial charge is 0.460 e. The van der Waals surface area contributed by atoms with Gasteiger partial charge in [-0.2, -0.15) is 0 Å². The Balaban J connectivity index is 2.38. The van der Waals surface area contributed by atoms with Gasteiger partial charge in [0.25, 0.3) is 0 Å². The third-order valence-corrected chi connectivity index (χ3v) is 1.37. The molecule has 0 aromatic heterocycles. The number of carbonyl (C=O) groups excluding carboxylic acids is 1. The van der Waals surface area contributed by atoms with Crippen LogP contribution < -0.4 is 10.6 Å². The van der Waals surface area contributed by atoms with Gasteiger partial charge in [-0.05, 0) is 13.8 Å². The Bertz CT molecular complexity index is 191. The van der Waals surface area contributed by atoms with Gasteiger partial charge in [0.2, 0.25) is 0 Å². The fourth-order valence-electron chi connectivity index (χ4n) is 0.943. The molecule has 1 aliphatic rings. The van der Waals surface area contributed by atoms with E-state index in [1.165, 1.54) is 6.08 Å². The van der Waals surface area contributed by atoms with Crippen LogP contribution in [-0.2, 0) is 9.53 Å². The van der Waals surface area contributed by atoms with E-state index >= 15 is 0 Å². The Kier molecular flexibility index (Phi) is 2.96. The standard InChI is InChI=1S/C8H14N2O2/c1-6(2)12-8(11)5-7-9-3-4-10-7/h5-6,9-10H,3-4H2,1-2H3. The number of ether oxygens (including phenoxy) is 1. The summed E-state index contributed by atoms with van der Waals surface area (Å²) in [5.74, 6) is 0.447. The highest BCUT2D eigenvalue weighted by molar-refractivity contribution is 5.82. The highest BCUT2D eigenvalue weighted by Gasteiger charge is 2.07. The maximum Gasteiger partial charge on any atom is 0.334 e. The van der Waals surface area contributed by atoms with Crippen LogP contribution in [0, 0.1) is 0 Å². The molecule has 1 heterocycles. The second kappa shape index (κ2) is 3.99. The summed E-state index contributed by atoms with van der Waals surface area (Å²) in [6, 6.07) is 0. The third-order valence-electron chi connectivity index (χ3n) is 1.37. The monoisotopic (exact) mass is 170 g/mol. The summed E-state index contributed by atoms with van der Waals surface area (Å²) >= 11 is 0. The van der Waals surface area contributed by atoms with Gasteiger partial charge in [0.15, 0.2) is 0 Å². The summed E-state index contributed by atoms with van der Waals surface area (Å²) in [4.78, 5) is 11.0. The van der Waals surface area contributed by atoms with E-state index in [0.29, 0.717) is 0 Å². The minimum Gasteiger partial charge on any atom is -0.460 e. The summed E-state index contributed by atoms with van der Waals surface area (Å²) in [5, 5.41) is 6.02. The number of esters is 1. The summed E-state index contributed by atoms with van der Waals surface area (Å²) in [6.45, 7) is 5.37. The molecule has 0 spiro atoms. The topological polar surface area (TPSA) is 50.4 Å². The van der Waals surface area contributed by atoms with E-state index in [0.717, 1.165) is 18.9 Å². The van der Waals surface area contributed by atoms with E-state index < -0.39 is 0 Å². The summed E-state index contributed by atoms with van der Waals surface area (Å²) < 4.78 is 4.92. The van der Waals surface area contributed by atoms with Crippen LogP contribution in [0.4, 0.5) is 0 Å². The van der Waals surface area contributed by atoms with Gasteiger partial charge in [-0.15, -0.1) is 0 Å². The molecule has 12 heavy (non-hydrogen) atoms. The fourth-order valence-corrected chi connectivity index (χ4v) is 0.943. The van der Waals surface area contributed by atoms with Crippen LogP contribution in [-0.4, -0.2) is 25.2 Å². The minimum absolute atomic E-state index is 0.0595. The van der Waals surface area contributed by atoms with Gasteiger partial charge in [0.05, 0.1) is 12.2 Å². The smallest absolute Gasteiger partial charge is 0.334 e. The fraction of sp³-hybridized carbons (Fsp3) is 0.625. The molecule has 1 saturated heterocycles. The SMILES string of the molecule is CC(C)OC(=O)C=C1NCCN1. The normalized spacial score (nSPS) is 15.4. The molecule has 1 fully saturated rings. The molecule has 0 radical (unpaired) electrons. The molecule has 0 aromatic carbocycles. The maximum absolute atomic E-state index is 11.0. The van der Waals surface area contributed by atoms with Gasteiger partial charge in [0.1, 0.15) is 5.82 Å². The van der Waals surface area contributed by atoms with Crippen molar-refractivity contribution in [3.05, 3.63) is 11.9 Å². The average Bonchev–Trinajstić information content (AvgIpc) is 2.37. The van der Waals surface area contributed by atoms with Crippen molar-refractivity contribution in [2.75, 3.05) is 13.1 Å². The van der Waals surface area contributed by atoms with Crippen LogP contribution in [0.1, 0.15) is 13.8 Å². The molecule has 68 valence electrons. The number of rotatable bonds is 2. The van der Waals surface area contributed by atoms with Gasteiger partial charge >= 0.3 is 5.97 Å². The van der Waals surface area contributed by atoms with Gasteiger partial charge in [-0.1, -0.05) is 0 Å². The first-order valence-corrected chi connectivity index (χ1v) is 4.08. The predicted molar refractivity (Wildman–Crippen MR) is 45.3 cm³/mol. The molecule has 1 aliphatic heterocycles. The quantitative estimate of drug-likeness (QED) is 0.451. The van der Waals surface area contributed by atoms with Crippen molar-refractivity contribution in [1.29, 1.82) is 0 Å². The van der Waals surface area contributed by atoms with E-state index in [1.807, 2.05) is 13.8 Å². The first kappa shape index (κ1) is 8.90. The van der Waals surface area contributed by atoms with E-state index in [2.05, 4.69) is 10.6 Å². The van der Waals surface area contributed by atoms with Crippen LogP contribution in [0.3, 0.4) is 0 Å². The zero-order chi connectivity index (χ0) is 8.97. The average molecular weight is 170 g/mol. The number of hydrogen-bond donors (Lipinski definition) is 2. The zero-order valence-corrected chi connectivity index (χ0v) is 7.39. The predicted octanol–water partition coefficient (Wildman–Crippen LogP) is -0.0278. The number of nitrogens with one attached hydrogen (secondary N) is 2. The zero-order valence-electron chi connectivity index (χ0n) is 7.39. The lowest BCUT2D eigenvalue weighted by Gasteiger charge is -2.05. The lowest BCUT2D eigenvalue weighted by atomic mass is 10.4. The lowest BCUT2D eigenvalue weighted by molar-refractivity contribution is -0.141. The van der Waals surface area contributed by atoms with Crippen molar-refractivity contribution in [2.45, 2.75) is 20.0 Å². The first-order chi connectivity index (χ1) is 5.68. The lowest BCUT2D eigenvalue weighted by Crippen LogP contribution is -2.15. The molecule has 0 unspecified atom stereocenters. The van der Waals surface area contributed by atoms with E-state index in [1.54, 1.807) is 0 Å². The van der Waals surface area contributed by atoms with E-state index in [9.17, 15) is 4.79 Å². The van der Waals surface area contributed by atoms with Crippen molar-refractivity contribution < 1.29 is 9.53 Å². The molecular weight excluding hydrogens is 156 g/mol. The van der Waals surface area contributed by atoms with Gasteiger partial charge in [-0.3, -0.25) is 0 Å². The van der Waals surface area contributed by atoms with Crippen LogP contribution in [0.2, 0.25) is 0 Å². The summed E-state index contributed by atoms with van der Waals surface area (Å²) in [5.41, 5.74) is 0. The van der Waals surface area contributed by atoms with Crippen LogP contribution in [0.5, 0.6) is 0 Å². The Morgan fingerprint density at radius 1 is 1.50 bits per heavy atom. The second-order valence-corrected chi connectivity index (χ2v) is 2.90. The van der Waals surface area contributed by atoms with Crippen LogP contribution >= 0.6 is 0 Å². The van der Waals surface area contributed by atoms with Crippen molar-refractivity contribution in [3.8, 4) is 0 Å². The van der Waals surface area contributed by atoms with Gasteiger partial charge < -0.3 is 15.4 Å². The molecule has 0 atom stereocenters. The molecular formula is C8H14N2O2. The second-order valence-electron chi connectivity index (χ2n) is 2.90. The minimum atomic E-state index is -0.304. The molecule has 0 amide bonds. The van der Waals surface area contributed by atoms with Crippen molar-refractivity contribution in [3.63, 3.8) is 0 Å². The third kappa shape index (κ3) is 2.82. The van der Waals surface area contributed by atoms with Crippen LogP contribution in [0.25, 0.3) is 0 Å². The number of carbonyl (C=O) groups is 1. The van der Waals surface area contributed by atoms with E-state index in [-0.39, 0.29) is 12.1 Å². The molecule has 0 bridgehead atoms. The Morgan fingerprint density at radius 2 is 2.08 bits per heavy atom. The Morgan fingerprint density at radius 3 is 2.58 bits per heavy atom. The highest BCUT2D eigenvalue weighted by Crippen LogP contribution is 1.94. The first-order valence-electron chi connectivity index (χ1n) is 4.08. The van der Waals surface area contributed by atoms with Crippen molar-refractivity contribution >= 4 is 5.97 Å². The summed E-state index contributed by atoms with van der Waals surface area (Å²) in [7, 11) is 0. The summed E-state index contributed by atoms with van der Waals surface area (Å²) in [6.07, 6.45) is 1.38. The van der Waals surface area contributed by atoms with E-state index in [4.69, 9.17) is 4.74 Å². The molecule has 4 nitrogen and oxygen atoms in total. The molecule has 0 aromatic rings. The molecule has 4 heteroatoms. The number of hydrogen-bond acceptors (Lipinski definition) is 4. The molecule has 2 N–H and O–H groups in total. The Labute approximate surface area is 72.0 Å². The molecule has 0 aliphatic carbocycles. The van der Waals surface area contributed by atoms with Crippen molar-refractivity contribution in [1.82, 2.24) is 10.6 Å². The highest BCUT2D eigenvalue weighted by atomic mass is 16.5. The van der Waals surface area contributed by atoms with Gasteiger partial charge in [0, 0.05) is 13.1 Å². The Hall–Kier alpha value is -1.19. The van der Waals surface area contributed by atoms with Crippen LogP contribution in [0.15, 0.2) is 11.9 Å².